The third kappa shape index (κ3) is 3.31. The summed E-state index contributed by atoms with van der Waals surface area (Å²) in [6.45, 7) is 4.76. The Hall–Kier alpha value is -2.36. The van der Waals surface area contributed by atoms with Gasteiger partial charge in [-0.1, -0.05) is 36.9 Å². The van der Waals surface area contributed by atoms with Gasteiger partial charge >= 0.3 is 0 Å². The van der Waals surface area contributed by atoms with Gasteiger partial charge in [0.2, 0.25) is 5.91 Å². The fourth-order valence-electron chi connectivity index (χ4n) is 1.58. The van der Waals surface area contributed by atoms with Gasteiger partial charge < -0.3 is 9.88 Å². The van der Waals surface area contributed by atoms with E-state index in [1.165, 1.54) is 0 Å². The summed E-state index contributed by atoms with van der Waals surface area (Å²) in [6.07, 6.45) is 5.14. The quantitative estimate of drug-likeness (QED) is 0.811. The number of hydrogen-bond donors (Lipinski definition) is 1. The zero-order valence-electron chi connectivity index (χ0n) is 10.0. The molecule has 1 heterocycles. The van der Waals surface area contributed by atoms with Gasteiger partial charge in [0.15, 0.2) is 0 Å². The second-order valence-corrected chi connectivity index (χ2v) is 4.01. The third-order valence-corrected chi connectivity index (χ3v) is 2.55. The number of hydrogen-bond acceptors (Lipinski definition) is 2. The Labute approximate surface area is 106 Å². The van der Waals surface area contributed by atoms with Crippen LogP contribution in [0.1, 0.15) is 5.56 Å². The first kappa shape index (κ1) is 12.1. The number of aromatic nitrogens is 2. The lowest BCUT2D eigenvalue weighted by Gasteiger charge is -2.08. The van der Waals surface area contributed by atoms with Crippen molar-refractivity contribution in [1.29, 1.82) is 0 Å². The Morgan fingerprint density at radius 3 is 2.78 bits per heavy atom. The van der Waals surface area contributed by atoms with Gasteiger partial charge in [-0.15, -0.1) is 0 Å². The molecular formula is C14H15N3O. The van der Waals surface area contributed by atoms with Crippen LogP contribution in [0.25, 0.3) is 0 Å². The average Bonchev–Trinajstić information content (AvgIpc) is 2.90. The van der Waals surface area contributed by atoms with Crippen LogP contribution < -0.4 is 5.32 Å². The smallest absolute Gasteiger partial charge is 0.248 e. The number of benzene rings is 1. The molecule has 92 valence electrons. The van der Waals surface area contributed by atoms with Crippen molar-refractivity contribution in [2.75, 3.05) is 0 Å². The molecule has 1 aromatic heterocycles. The first-order valence-electron chi connectivity index (χ1n) is 5.71. The summed E-state index contributed by atoms with van der Waals surface area (Å²) in [5, 5.41) is 2.84. The molecule has 0 atom stereocenters. The molecule has 1 N–H and O–H groups in total. The van der Waals surface area contributed by atoms with E-state index in [4.69, 9.17) is 0 Å². The monoisotopic (exact) mass is 241 g/mol. The second kappa shape index (κ2) is 5.82. The highest BCUT2D eigenvalue weighted by atomic mass is 16.1. The van der Waals surface area contributed by atoms with E-state index in [2.05, 4.69) is 16.9 Å². The van der Waals surface area contributed by atoms with Gasteiger partial charge in [-0.3, -0.25) is 4.79 Å². The standard InChI is InChI=1S/C14H15N3O/c1-12(10-17-8-7-15-11-17)14(18)16-9-13-5-3-2-4-6-13/h2-8,11H,1,9-10H2,(H,16,18). The van der Waals surface area contributed by atoms with Crippen molar-refractivity contribution in [2.45, 2.75) is 13.1 Å². The Morgan fingerprint density at radius 2 is 2.11 bits per heavy atom. The molecule has 4 heteroatoms. The Kier molecular flexibility index (Phi) is 3.91. The fourth-order valence-corrected chi connectivity index (χ4v) is 1.58. The molecule has 0 spiro atoms. The molecule has 18 heavy (non-hydrogen) atoms. The van der Waals surface area contributed by atoms with Crippen LogP contribution in [-0.2, 0) is 17.9 Å². The molecule has 0 unspecified atom stereocenters. The Balaban J connectivity index is 1.83. The number of rotatable bonds is 5. The van der Waals surface area contributed by atoms with E-state index in [1.54, 1.807) is 18.7 Å². The van der Waals surface area contributed by atoms with E-state index < -0.39 is 0 Å². The van der Waals surface area contributed by atoms with Gasteiger partial charge in [-0.25, -0.2) is 4.98 Å². The Morgan fingerprint density at radius 1 is 1.33 bits per heavy atom. The van der Waals surface area contributed by atoms with Crippen LogP contribution in [0.4, 0.5) is 0 Å². The van der Waals surface area contributed by atoms with Crippen molar-refractivity contribution in [1.82, 2.24) is 14.9 Å². The van der Waals surface area contributed by atoms with E-state index in [-0.39, 0.29) is 5.91 Å². The molecule has 0 saturated carbocycles. The predicted molar refractivity (Wildman–Crippen MR) is 69.7 cm³/mol. The van der Waals surface area contributed by atoms with Crippen molar-refractivity contribution in [2.24, 2.45) is 0 Å². The predicted octanol–water partition coefficient (Wildman–Crippen LogP) is 1.76. The first-order valence-corrected chi connectivity index (χ1v) is 5.71. The van der Waals surface area contributed by atoms with E-state index in [0.717, 1.165) is 5.56 Å². The summed E-state index contributed by atoms with van der Waals surface area (Å²) < 4.78 is 1.81. The molecule has 2 aromatic rings. The molecule has 4 nitrogen and oxygen atoms in total. The summed E-state index contributed by atoms with van der Waals surface area (Å²) in [7, 11) is 0. The van der Waals surface area contributed by atoms with Crippen molar-refractivity contribution in [3.05, 3.63) is 66.8 Å². The summed E-state index contributed by atoms with van der Waals surface area (Å²) in [4.78, 5) is 15.7. The highest BCUT2D eigenvalue weighted by molar-refractivity contribution is 5.92. The summed E-state index contributed by atoms with van der Waals surface area (Å²) in [5.74, 6) is -0.132. The van der Waals surface area contributed by atoms with Crippen LogP contribution in [0.5, 0.6) is 0 Å². The molecule has 0 aliphatic rings. The minimum Gasteiger partial charge on any atom is -0.348 e. The SMILES string of the molecule is C=C(Cn1ccnc1)C(=O)NCc1ccccc1. The molecule has 0 aliphatic heterocycles. The van der Waals surface area contributed by atoms with Crippen LogP contribution in [0.3, 0.4) is 0 Å². The number of carbonyl (C=O) groups excluding carboxylic acids is 1. The van der Waals surface area contributed by atoms with Crippen molar-refractivity contribution in [3.63, 3.8) is 0 Å². The largest absolute Gasteiger partial charge is 0.348 e. The maximum Gasteiger partial charge on any atom is 0.248 e. The number of nitrogens with one attached hydrogen (secondary N) is 1. The highest BCUT2D eigenvalue weighted by Gasteiger charge is 2.06. The minimum atomic E-state index is -0.132. The molecule has 1 amide bonds. The van der Waals surface area contributed by atoms with Crippen LogP contribution in [0, 0.1) is 0 Å². The van der Waals surface area contributed by atoms with Crippen LogP contribution in [0.2, 0.25) is 0 Å². The molecule has 0 bridgehead atoms. The second-order valence-electron chi connectivity index (χ2n) is 4.01. The van der Waals surface area contributed by atoms with E-state index in [1.807, 2.05) is 34.9 Å². The topological polar surface area (TPSA) is 46.9 Å². The van der Waals surface area contributed by atoms with Gasteiger partial charge in [0.25, 0.3) is 0 Å². The number of amides is 1. The van der Waals surface area contributed by atoms with Gasteiger partial charge in [-0.05, 0) is 5.56 Å². The number of nitrogens with zero attached hydrogens (tertiary/aromatic N) is 2. The fraction of sp³-hybridized carbons (Fsp3) is 0.143. The molecule has 0 saturated heterocycles. The van der Waals surface area contributed by atoms with Crippen LogP contribution in [-0.4, -0.2) is 15.5 Å². The van der Waals surface area contributed by atoms with Gasteiger partial charge in [0.1, 0.15) is 0 Å². The molecule has 2 rings (SSSR count). The van der Waals surface area contributed by atoms with Crippen molar-refractivity contribution in [3.8, 4) is 0 Å². The first-order chi connectivity index (χ1) is 8.75. The number of carbonyl (C=O) groups is 1. The van der Waals surface area contributed by atoms with Gasteiger partial charge in [0, 0.05) is 24.5 Å². The molecule has 1 aromatic carbocycles. The zero-order valence-corrected chi connectivity index (χ0v) is 10.0. The molecule has 0 fully saturated rings. The summed E-state index contributed by atoms with van der Waals surface area (Å²) in [5.41, 5.74) is 1.59. The maximum absolute atomic E-state index is 11.8. The average molecular weight is 241 g/mol. The van der Waals surface area contributed by atoms with E-state index in [9.17, 15) is 4.79 Å². The number of imidazole rings is 1. The lowest BCUT2D eigenvalue weighted by Crippen LogP contribution is -2.25. The lowest BCUT2D eigenvalue weighted by molar-refractivity contribution is -0.117. The van der Waals surface area contributed by atoms with Crippen LogP contribution >= 0.6 is 0 Å². The van der Waals surface area contributed by atoms with Crippen LogP contribution in [0.15, 0.2) is 61.2 Å². The molecule has 0 radical (unpaired) electrons. The summed E-state index contributed by atoms with van der Waals surface area (Å²) >= 11 is 0. The van der Waals surface area contributed by atoms with Gasteiger partial charge in [-0.2, -0.15) is 0 Å². The van der Waals surface area contributed by atoms with E-state index >= 15 is 0 Å². The third-order valence-electron chi connectivity index (χ3n) is 2.55. The lowest BCUT2D eigenvalue weighted by atomic mass is 10.2. The van der Waals surface area contributed by atoms with Crippen molar-refractivity contribution >= 4 is 5.91 Å². The van der Waals surface area contributed by atoms with Crippen molar-refractivity contribution < 1.29 is 4.79 Å². The molecular weight excluding hydrogens is 226 g/mol. The van der Waals surface area contributed by atoms with E-state index in [0.29, 0.717) is 18.7 Å². The molecule has 0 aliphatic carbocycles. The maximum atomic E-state index is 11.8. The highest BCUT2D eigenvalue weighted by Crippen LogP contribution is 2.00. The minimum absolute atomic E-state index is 0.132. The summed E-state index contributed by atoms with van der Waals surface area (Å²) in [6, 6.07) is 9.78. The zero-order chi connectivity index (χ0) is 12.8. The normalized spacial score (nSPS) is 10.0. The Bertz CT molecular complexity index is 517. The van der Waals surface area contributed by atoms with Gasteiger partial charge in [0.05, 0.1) is 12.9 Å².